The van der Waals surface area contributed by atoms with Crippen LogP contribution in [0.15, 0.2) is 6.33 Å². The van der Waals surface area contributed by atoms with Gasteiger partial charge in [0.1, 0.15) is 12.2 Å². The standard InChI is InChI=1S/C13H26N4/c1-6-13(7-2,8-3)15-9-12-14-10-16-17(12)11(4)5/h10-11,15H,6-9H2,1-5H3. The molecule has 0 bridgehead atoms. The van der Waals surface area contributed by atoms with Gasteiger partial charge in [-0.1, -0.05) is 20.8 Å². The zero-order chi connectivity index (χ0) is 12.9. The summed E-state index contributed by atoms with van der Waals surface area (Å²) in [6.45, 7) is 11.8. The predicted molar refractivity (Wildman–Crippen MR) is 70.9 cm³/mol. The first kappa shape index (κ1) is 14.2. The van der Waals surface area contributed by atoms with E-state index >= 15 is 0 Å². The van der Waals surface area contributed by atoms with Crippen LogP contribution in [-0.2, 0) is 6.54 Å². The lowest BCUT2D eigenvalue weighted by atomic mass is 9.90. The third kappa shape index (κ3) is 3.28. The highest BCUT2D eigenvalue weighted by Gasteiger charge is 2.23. The number of nitrogens with one attached hydrogen (secondary N) is 1. The van der Waals surface area contributed by atoms with Crippen LogP contribution in [0.25, 0.3) is 0 Å². The second-order valence-electron chi connectivity index (χ2n) is 4.91. The van der Waals surface area contributed by atoms with Crippen LogP contribution >= 0.6 is 0 Å². The van der Waals surface area contributed by atoms with E-state index in [4.69, 9.17) is 0 Å². The van der Waals surface area contributed by atoms with Crippen LogP contribution in [0, 0.1) is 0 Å². The van der Waals surface area contributed by atoms with E-state index in [0.717, 1.165) is 31.6 Å². The van der Waals surface area contributed by atoms with Gasteiger partial charge in [-0.2, -0.15) is 5.10 Å². The third-order valence-corrected chi connectivity index (χ3v) is 3.79. The summed E-state index contributed by atoms with van der Waals surface area (Å²) in [6, 6.07) is 0.369. The smallest absolute Gasteiger partial charge is 0.141 e. The quantitative estimate of drug-likeness (QED) is 0.794. The Bertz CT molecular complexity index is 318. The summed E-state index contributed by atoms with van der Waals surface area (Å²) in [5.74, 6) is 1.03. The molecular weight excluding hydrogens is 212 g/mol. The summed E-state index contributed by atoms with van der Waals surface area (Å²) in [6.07, 6.45) is 5.09. The van der Waals surface area contributed by atoms with Gasteiger partial charge < -0.3 is 5.32 Å². The van der Waals surface area contributed by atoms with E-state index in [2.05, 4.69) is 50.0 Å². The van der Waals surface area contributed by atoms with Crippen molar-refractivity contribution in [1.29, 1.82) is 0 Å². The van der Waals surface area contributed by atoms with Crippen molar-refractivity contribution < 1.29 is 0 Å². The Kier molecular flexibility index (Phi) is 5.12. The third-order valence-electron chi connectivity index (χ3n) is 3.79. The van der Waals surface area contributed by atoms with Gasteiger partial charge in [-0.15, -0.1) is 0 Å². The van der Waals surface area contributed by atoms with Crippen molar-refractivity contribution in [3.05, 3.63) is 12.2 Å². The molecule has 0 saturated heterocycles. The minimum atomic E-state index is 0.244. The first-order chi connectivity index (χ1) is 8.08. The highest BCUT2D eigenvalue weighted by Crippen LogP contribution is 2.20. The molecule has 1 N–H and O–H groups in total. The lowest BCUT2D eigenvalue weighted by Crippen LogP contribution is -2.43. The molecule has 0 atom stereocenters. The SMILES string of the molecule is CCC(CC)(CC)NCc1ncnn1C(C)C. The Morgan fingerprint density at radius 1 is 1.24 bits per heavy atom. The van der Waals surface area contributed by atoms with E-state index in [1.165, 1.54) is 0 Å². The summed E-state index contributed by atoms with van der Waals surface area (Å²) in [7, 11) is 0. The van der Waals surface area contributed by atoms with Gasteiger partial charge in [0.05, 0.1) is 6.54 Å². The van der Waals surface area contributed by atoms with Crippen LogP contribution in [0.1, 0.15) is 65.7 Å². The minimum Gasteiger partial charge on any atom is -0.304 e. The Morgan fingerprint density at radius 2 is 1.82 bits per heavy atom. The molecule has 17 heavy (non-hydrogen) atoms. The number of hydrogen-bond donors (Lipinski definition) is 1. The number of hydrogen-bond acceptors (Lipinski definition) is 3. The first-order valence-corrected chi connectivity index (χ1v) is 6.72. The summed E-state index contributed by atoms with van der Waals surface area (Å²) >= 11 is 0. The molecule has 1 aromatic heterocycles. The van der Waals surface area contributed by atoms with Gasteiger partial charge in [0.25, 0.3) is 0 Å². The normalized spacial score (nSPS) is 12.4. The molecule has 1 aromatic rings. The first-order valence-electron chi connectivity index (χ1n) is 6.72. The van der Waals surface area contributed by atoms with Crippen molar-refractivity contribution in [3.63, 3.8) is 0 Å². The number of aromatic nitrogens is 3. The van der Waals surface area contributed by atoms with Crippen molar-refractivity contribution in [2.24, 2.45) is 0 Å². The van der Waals surface area contributed by atoms with Crippen LogP contribution in [0.3, 0.4) is 0 Å². The molecule has 0 saturated carbocycles. The second-order valence-corrected chi connectivity index (χ2v) is 4.91. The molecule has 1 heterocycles. The van der Waals surface area contributed by atoms with Gasteiger partial charge in [0.15, 0.2) is 0 Å². The lowest BCUT2D eigenvalue weighted by molar-refractivity contribution is 0.281. The van der Waals surface area contributed by atoms with Gasteiger partial charge in [-0.05, 0) is 33.1 Å². The van der Waals surface area contributed by atoms with Gasteiger partial charge in [0, 0.05) is 11.6 Å². The zero-order valence-electron chi connectivity index (χ0n) is 11.8. The highest BCUT2D eigenvalue weighted by atomic mass is 15.4. The number of nitrogens with zero attached hydrogens (tertiary/aromatic N) is 3. The molecule has 0 aliphatic heterocycles. The van der Waals surface area contributed by atoms with Crippen molar-refractivity contribution >= 4 is 0 Å². The molecule has 0 unspecified atom stereocenters. The fraction of sp³-hybridized carbons (Fsp3) is 0.846. The molecule has 1 rings (SSSR count). The molecule has 0 aromatic carbocycles. The molecule has 4 nitrogen and oxygen atoms in total. The highest BCUT2D eigenvalue weighted by molar-refractivity contribution is 4.91. The van der Waals surface area contributed by atoms with E-state index in [1.54, 1.807) is 6.33 Å². The van der Waals surface area contributed by atoms with E-state index < -0.39 is 0 Å². The van der Waals surface area contributed by atoms with E-state index in [1.807, 2.05) is 4.68 Å². The van der Waals surface area contributed by atoms with Crippen LogP contribution in [-0.4, -0.2) is 20.3 Å². The maximum absolute atomic E-state index is 4.33. The maximum atomic E-state index is 4.33. The molecule has 4 heteroatoms. The van der Waals surface area contributed by atoms with Gasteiger partial charge >= 0.3 is 0 Å². The summed E-state index contributed by atoms with van der Waals surface area (Å²) < 4.78 is 1.98. The van der Waals surface area contributed by atoms with Gasteiger partial charge in [0.2, 0.25) is 0 Å². The fourth-order valence-electron chi connectivity index (χ4n) is 2.22. The summed E-state index contributed by atoms with van der Waals surface area (Å²) in [4.78, 5) is 4.33. The molecule has 0 spiro atoms. The maximum Gasteiger partial charge on any atom is 0.141 e. The van der Waals surface area contributed by atoms with Gasteiger partial charge in [-0.25, -0.2) is 9.67 Å². The summed E-state index contributed by atoms with van der Waals surface area (Å²) in [5, 5.41) is 7.92. The van der Waals surface area contributed by atoms with Gasteiger partial charge in [-0.3, -0.25) is 0 Å². The molecule has 0 radical (unpaired) electrons. The fourth-order valence-corrected chi connectivity index (χ4v) is 2.22. The van der Waals surface area contributed by atoms with E-state index in [-0.39, 0.29) is 5.54 Å². The van der Waals surface area contributed by atoms with E-state index in [0.29, 0.717) is 6.04 Å². The molecule has 0 fully saturated rings. The van der Waals surface area contributed by atoms with E-state index in [9.17, 15) is 0 Å². The second kappa shape index (κ2) is 6.15. The average Bonchev–Trinajstić information content (AvgIpc) is 2.80. The Labute approximate surface area is 105 Å². The van der Waals surface area contributed by atoms with Crippen LogP contribution in [0.5, 0.6) is 0 Å². The monoisotopic (exact) mass is 238 g/mol. The van der Waals surface area contributed by atoms with Crippen molar-refractivity contribution in [3.8, 4) is 0 Å². The minimum absolute atomic E-state index is 0.244. The topological polar surface area (TPSA) is 42.7 Å². The summed E-state index contributed by atoms with van der Waals surface area (Å²) in [5.41, 5.74) is 0.244. The van der Waals surface area contributed by atoms with Crippen molar-refractivity contribution in [2.45, 2.75) is 72.0 Å². The lowest BCUT2D eigenvalue weighted by Gasteiger charge is -2.32. The zero-order valence-corrected chi connectivity index (χ0v) is 11.8. The molecule has 0 aliphatic rings. The Morgan fingerprint density at radius 3 is 2.29 bits per heavy atom. The van der Waals surface area contributed by atoms with Crippen LogP contribution < -0.4 is 5.32 Å². The molecule has 0 aliphatic carbocycles. The van der Waals surface area contributed by atoms with Crippen LogP contribution in [0.4, 0.5) is 0 Å². The molecule has 98 valence electrons. The van der Waals surface area contributed by atoms with Crippen LogP contribution in [0.2, 0.25) is 0 Å². The molecular formula is C13H26N4. The van der Waals surface area contributed by atoms with Crippen molar-refractivity contribution in [1.82, 2.24) is 20.1 Å². The molecule has 0 amide bonds. The number of rotatable bonds is 7. The Balaban J connectivity index is 2.69. The van der Waals surface area contributed by atoms with Crippen molar-refractivity contribution in [2.75, 3.05) is 0 Å². The largest absolute Gasteiger partial charge is 0.304 e. The predicted octanol–water partition coefficient (Wildman–Crippen LogP) is 2.92. The Hall–Kier alpha value is -0.900. The average molecular weight is 238 g/mol.